The fourth-order valence-corrected chi connectivity index (χ4v) is 6.45. The minimum absolute atomic E-state index is 0.202. The van der Waals surface area contributed by atoms with Crippen molar-refractivity contribution in [2.75, 3.05) is 12.8 Å². The van der Waals surface area contributed by atoms with Crippen LogP contribution in [0.15, 0.2) is 54.8 Å². The van der Waals surface area contributed by atoms with E-state index in [1.807, 2.05) is 30.5 Å². The first-order valence-electron chi connectivity index (χ1n) is 12.3. The number of para-hydroxylation sites is 1. The van der Waals surface area contributed by atoms with Gasteiger partial charge in [0.05, 0.1) is 10.9 Å². The highest BCUT2D eigenvalue weighted by atomic mass is 16.2. The number of pyridine rings is 1. The van der Waals surface area contributed by atoms with Crippen LogP contribution in [-0.2, 0) is 10.3 Å². The third kappa shape index (κ3) is 3.33. The van der Waals surface area contributed by atoms with Crippen molar-refractivity contribution in [2.24, 2.45) is 5.73 Å². The number of amides is 1. The molecule has 0 atom stereocenters. The molecule has 1 aromatic carbocycles. The molecule has 2 aliphatic carbocycles. The summed E-state index contributed by atoms with van der Waals surface area (Å²) < 4.78 is 2.18. The molecule has 0 spiro atoms. The van der Waals surface area contributed by atoms with Gasteiger partial charge in [-0.15, -0.1) is 6.42 Å². The molecule has 3 heterocycles. The number of nitrogens with zero attached hydrogens (tertiary/aromatic N) is 4. The van der Waals surface area contributed by atoms with Gasteiger partial charge >= 0.3 is 0 Å². The second-order valence-electron chi connectivity index (χ2n) is 10.0. The molecule has 3 aromatic heterocycles. The SMILES string of the molecule is C#Cc1c(-c2cnc3ccccc3c2)c2c(N)ncnc2n1C12CCC(NC(=O)/C(=C/N)NC)(CC1)C2. The summed E-state index contributed by atoms with van der Waals surface area (Å²) in [4.78, 5) is 26.5. The number of hydrogen-bond acceptors (Lipinski definition) is 7. The zero-order valence-electron chi connectivity index (χ0n) is 20.6. The smallest absolute Gasteiger partial charge is 0.269 e. The Kier molecular flexibility index (Phi) is 5.09. The largest absolute Gasteiger partial charge is 0.403 e. The average molecular weight is 493 g/mol. The summed E-state index contributed by atoms with van der Waals surface area (Å²) in [5.74, 6) is 3.14. The van der Waals surface area contributed by atoms with Crippen molar-refractivity contribution in [2.45, 2.75) is 43.2 Å². The van der Waals surface area contributed by atoms with Crippen molar-refractivity contribution in [3.8, 4) is 23.5 Å². The lowest BCUT2D eigenvalue weighted by molar-refractivity contribution is -0.119. The third-order valence-corrected chi connectivity index (χ3v) is 8.13. The predicted octanol–water partition coefficient (Wildman–Crippen LogP) is 2.76. The van der Waals surface area contributed by atoms with Crippen LogP contribution in [0.3, 0.4) is 0 Å². The number of nitrogen functional groups attached to an aromatic ring is 1. The Balaban J connectivity index is 1.51. The maximum Gasteiger partial charge on any atom is 0.269 e. The fourth-order valence-electron chi connectivity index (χ4n) is 6.45. The summed E-state index contributed by atoms with van der Waals surface area (Å²) in [6, 6.07) is 10.0. The number of anilines is 1. The molecule has 9 nitrogen and oxygen atoms in total. The highest BCUT2D eigenvalue weighted by molar-refractivity contribution is 6.04. The molecular weight excluding hydrogens is 464 g/mol. The number of hydrogen-bond donors (Lipinski definition) is 4. The van der Waals surface area contributed by atoms with Crippen LogP contribution in [0.2, 0.25) is 0 Å². The van der Waals surface area contributed by atoms with Crippen molar-refractivity contribution in [1.29, 1.82) is 0 Å². The first kappa shape index (κ1) is 22.9. The number of fused-ring (bicyclic) bond motifs is 4. The Morgan fingerprint density at radius 2 is 1.97 bits per heavy atom. The lowest BCUT2D eigenvalue weighted by Crippen LogP contribution is -2.47. The molecule has 2 aliphatic rings. The van der Waals surface area contributed by atoms with E-state index in [0.29, 0.717) is 22.9 Å². The maximum absolute atomic E-state index is 12.9. The van der Waals surface area contributed by atoms with Crippen molar-refractivity contribution < 1.29 is 4.79 Å². The maximum atomic E-state index is 12.9. The van der Waals surface area contributed by atoms with E-state index in [1.54, 1.807) is 7.05 Å². The van der Waals surface area contributed by atoms with Gasteiger partial charge in [-0.05, 0) is 44.2 Å². The van der Waals surface area contributed by atoms with Gasteiger partial charge in [0, 0.05) is 47.0 Å². The van der Waals surface area contributed by atoms with Gasteiger partial charge in [0.1, 0.15) is 29.2 Å². The van der Waals surface area contributed by atoms with Gasteiger partial charge in [0.25, 0.3) is 5.91 Å². The summed E-state index contributed by atoms with van der Waals surface area (Å²) >= 11 is 0. The average Bonchev–Trinajstić information content (AvgIpc) is 3.57. The lowest BCUT2D eigenvalue weighted by Gasteiger charge is -2.31. The molecule has 6 rings (SSSR count). The van der Waals surface area contributed by atoms with E-state index < -0.39 is 0 Å². The number of benzene rings is 1. The van der Waals surface area contributed by atoms with Crippen LogP contribution in [-0.4, -0.2) is 38.0 Å². The van der Waals surface area contributed by atoms with Crippen LogP contribution >= 0.6 is 0 Å². The monoisotopic (exact) mass is 492 g/mol. The van der Waals surface area contributed by atoms with Gasteiger partial charge in [-0.1, -0.05) is 24.1 Å². The number of likely N-dealkylation sites (N-methyl/N-ethyl adjacent to an activating group) is 1. The fraction of sp³-hybridized carbons (Fsp3) is 0.286. The summed E-state index contributed by atoms with van der Waals surface area (Å²) in [6.45, 7) is 0. The van der Waals surface area contributed by atoms with Crippen molar-refractivity contribution in [1.82, 2.24) is 30.2 Å². The minimum Gasteiger partial charge on any atom is -0.403 e. The van der Waals surface area contributed by atoms with Gasteiger partial charge in [-0.2, -0.15) is 0 Å². The van der Waals surface area contributed by atoms with Crippen LogP contribution in [0, 0.1) is 12.3 Å². The predicted molar refractivity (Wildman–Crippen MR) is 144 cm³/mol. The molecule has 4 aromatic rings. The van der Waals surface area contributed by atoms with E-state index in [4.69, 9.17) is 17.9 Å². The number of nitrogens with one attached hydrogen (secondary N) is 2. The standard InChI is InChI=1S/C28H28N8O/c1-3-21-22(18-12-17-6-4-5-7-19(17)32-14-18)23-24(30)33-16-34-25(23)36(21)28-10-8-27(15-28,9-11-28)35-26(37)20(13-29)31-2/h1,4-7,12-14,16,31H,8-11,15,29H2,2H3,(H,35,37)(H2,30,33,34)/b20-13-. The quantitative estimate of drug-likeness (QED) is 0.248. The van der Waals surface area contributed by atoms with Gasteiger partial charge < -0.3 is 26.7 Å². The first-order chi connectivity index (χ1) is 17.9. The zero-order chi connectivity index (χ0) is 25.8. The van der Waals surface area contributed by atoms with E-state index in [0.717, 1.165) is 59.5 Å². The molecule has 0 radical (unpaired) electrons. The summed E-state index contributed by atoms with van der Waals surface area (Å²) in [6.07, 6.45) is 14.9. The number of terminal acetylenes is 1. The molecule has 2 fully saturated rings. The van der Waals surface area contributed by atoms with E-state index in [-0.39, 0.29) is 17.0 Å². The van der Waals surface area contributed by atoms with Crippen LogP contribution in [0.25, 0.3) is 33.1 Å². The Morgan fingerprint density at radius 3 is 2.70 bits per heavy atom. The molecule has 2 saturated carbocycles. The zero-order valence-corrected chi connectivity index (χ0v) is 20.6. The number of rotatable bonds is 5. The lowest BCUT2D eigenvalue weighted by atomic mass is 9.90. The summed E-state index contributed by atoms with van der Waals surface area (Å²) in [7, 11) is 1.68. The highest BCUT2D eigenvalue weighted by Gasteiger charge is 2.57. The Labute approximate surface area is 214 Å². The van der Waals surface area contributed by atoms with E-state index in [9.17, 15) is 4.79 Å². The van der Waals surface area contributed by atoms with E-state index >= 15 is 0 Å². The van der Waals surface area contributed by atoms with Crippen LogP contribution in [0.4, 0.5) is 5.82 Å². The summed E-state index contributed by atoms with van der Waals surface area (Å²) in [5, 5.41) is 7.86. The van der Waals surface area contributed by atoms with Crippen LogP contribution in [0.1, 0.15) is 37.8 Å². The summed E-state index contributed by atoms with van der Waals surface area (Å²) in [5.41, 5.74) is 15.8. The Morgan fingerprint density at radius 1 is 1.19 bits per heavy atom. The third-order valence-electron chi connectivity index (χ3n) is 8.13. The van der Waals surface area contributed by atoms with Crippen molar-refractivity contribution in [3.05, 3.63) is 60.4 Å². The number of nitrogens with two attached hydrogens (primary N) is 2. The Bertz CT molecular complexity index is 1640. The second-order valence-corrected chi connectivity index (χ2v) is 10.0. The second kappa shape index (κ2) is 8.23. The molecule has 37 heavy (non-hydrogen) atoms. The number of carbonyl (C=O) groups is 1. The van der Waals surface area contributed by atoms with Crippen LogP contribution in [0.5, 0.6) is 0 Å². The van der Waals surface area contributed by atoms with Crippen LogP contribution < -0.4 is 22.1 Å². The topological polar surface area (TPSA) is 137 Å². The normalized spacial score (nSPS) is 22.9. The molecule has 0 unspecified atom stereocenters. The number of aromatic nitrogens is 4. The van der Waals surface area contributed by atoms with E-state index in [1.165, 1.54) is 12.5 Å². The van der Waals surface area contributed by atoms with Crippen molar-refractivity contribution in [3.63, 3.8) is 0 Å². The van der Waals surface area contributed by atoms with Gasteiger partial charge in [-0.25, -0.2) is 9.97 Å². The molecule has 0 saturated heterocycles. The minimum atomic E-state index is -0.339. The van der Waals surface area contributed by atoms with Gasteiger partial charge in [0.2, 0.25) is 0 Å². The number of carbonyl (C=O) groups excluding carboxylic acids is 1. The first-order valence-corrected chi connectivity index (χ1v) is 12.3. The molecule has 2 bridgehead atoms. The molecule has 186 valence electrons. The van der Waals surface area contributed by atoms with E-state index in [2.05, 4.69) is 42.1 Å². The molecule has 9 heteroatoms. The van der Waals surface area contributed by atoms with Crippen molar-refractivity contribution >= 4 is 33.7 Å². The Hall–Kier alpha value is -4.58. The molecular formula is C28H28N8O. The highest BCUT2D eigenvalue weighted by Crippen LogP contribution is 2.57. The molecule has 6 N–H and O–H groups in total. The molecule has 1 amide bonds. The van der Waals surface area contributed by atoms with Gasteiger partial charge in [0.15, 0.2) is 0 Å². The van der Waals surface area contributed by atoms with Gasteiger partial charge in [-0.3, -0.25) is 9.78 Å². The molecule has 0 aliphatic heterocycles.